The highest BCUT2D eigenvalue weighted by Crippen LogP contribution is 2.30. The van der Waals surface area contributed by atoms with E-state index in [4.69, 9.17) is 4.74 Å². The number of hydrogen-bond donors (Lipinski definition) is 1. The molecular formula is C22H31N3O2S. The van der Waals surface area contributed by atoms with Gasteiger partial charge in [-0.25, -0.2) is 0 Å². The summed E-state index contributed by atoms with van der Waals surface area (Å²) >= 11 is 1.77. The molecule has 0 saturated carbocycles. The van der Waals surface area contributed by atoms with E-state index >= 15 is 0 Å². The second-order valence-corrected chi connectivity index (χ2v) is 8.61. The van der Waals surface area contributed by atoms with Gasteiger partial charge in [-0.2, -0.15) is 0 Å². The van der Waals surface area contributed by atoms with Gasteiger partial charge in [0.1, 0.15) is 5.75 Å². The molecule has 1 aliphatic rings. The molecule has 0 radical (unpaired) electrons. The first-order valence-corrected chi connectivity index (χ1v) is 10.8. The van der Waals surface area contributed by atoms with Crippen molar-refractivity contribution in [2.45, 2.75) is 32.9 Å². The summed E-state index contributed by atoms with van der Waals surface area (Å²) < 4.78 is 5.26. The molecule has 1 fully saturated rings. The number of rotatable bonds is 7. The molecule has 1 aromatic carbocycles. The van der Waals surface area contributed by atoms with E-state index in [1.165, 1.54) is 10.6 Å². The molecule has 1 aromatic heterocycles. The third-order valence-electron chi connectivity index (χ3n) is 5.35. The lowest BCUT2D eigenvalue weighted by Crippen LogP contribution is -2.52. The van der Waals surface area contributed by atoms with Gasteiger partial charge in [-0.15, -0.1) is 11.3 Å². The Hall–Kier alpha value is -2.05. The normalized spacial score (nSPS) is 17.4. The van der Waals surface area contributed by atoms with Crippen molar-refractivity contribution in [2.75, 3.05) is 38.2 Å². The quantitative estimate of drug-likeness (QED) is 0.767. The number of anilines is 1. The maximum atomic E-state index is 12.3. The Labute approximate surface area is 172 Å². The molecule has 2 atom stereocenters. The predicted molar refractivity (Wildman–Crippen MR) is 116 cm³/mol. The van der Waals surface area contributed by atoms with Crippen molar-refractivity contribution in [2.24, 2.45) is 5.92 Å². The Morgan fingerprint density at radius 3 is 2.29 bits per heavy atom. The van der Waals surface area contributed by atoms with Gasteiger partial charge in [0, 0.05) is 48.7 Å². The summed E-state index contributed by atoms with van der Waals surface area (Å²) in [6.45, 7) is 9.89. The van der Waals surface area contributed by atoms with Crippen molar-refractivity contribution in [3.63, 3.8) is 0 Å². The summed E-state index contributed by atoms with van der Waals surface area (Å²) in [5.41, 5.74) is 1.23. The van der Waals surface area contributed by atoms with Crippen LogP contribution in [0.5, 0.6) is 5.75 Å². The van der Waals surface area contributed by atoms with E-state index in [-0.39, 0.29) is 23.9 Å². The van der Waals surface area contributed by atoms with E-state index in [1.54, 1.807) is 18.4 Å². The molecule has 152 valence electrons. The van der Waals surface area contributed by atoms with E-state index in [0.717, 1.165) is 31.9 Å². The van der Waals surface area contributed by atoms with E-state index in [0.29, 0.717) is 0 Å². The first-order valence-electron chi connectivity index (χ1n) is 9.96. The Kier molecular flexibility index (Phi) is 6.97. The number of carbonyl (C=O) groups excluding carboxylic acids is 1. The molecule has 1 N–H and O–H groups in total. The number of benzene rings is 1. The van der Waals surface area contributed by atoms with Crippen molar-refractivity contribution in [3.8, 4) is 5.75 Å². The largest absolute Gasteiger partial charge is 0.497 e. The summed E-state index contributed by atoms with van der Waals surface area (Å²) in [6.07, 6.45) is 0. The molecule has 2 aromatic rings. The van der Waals surface area contributed by atoms with Crippen LogP contribution in [0.25, 0.3) is 0 Å². The van der Waals surface area contributed by atoms with Gasteiger partial charge in [-0.1, -0.05) is 19.9 Å². The summed E-state index contributed by atoms with van der Waals surface area (Å²) in [6, 6.07) is 12.8. The fourth-order valence-electron chi connectivity index (χ4n) is 3.72. The van der Waals surface area contributed by atoms with Gasteiger partial charge in [-0.3, -0.25) is 9.69 Å². The van der Waals surface area contributed by atoms with Gasteiger partial charge in [0.2, 0.25) is 5.91 Å². The van der Waals surface area contributed by atoms with Gasteiger partial charge in [0.15, 0.2) is 0 Å². The van der Waals surface area contributed by atoms with Crippen LogP contribution >= 0.6 is 11.3 Å². The third kappa shape index (κ3) is 4.86. The summed E-state index contributed by atoms with van der Waals surface area (Å²) in [7, 11) is 1.69. The minimum atomic E-state index is -0.00152. The monoisotopic (exact) mass is 401 g/mol. The number of ether oxygens (including phenoxy) is 1. The van der Waals surface area contributed by atoms with Crippen molar-refractivity contribution in [3.05, 3.63) is 46.7 Å². The van der Waals surface area contributed by atoms with E-state index in [2.05, 4.69) is 51.7 Å². The Morgan fingerprint density at radius 2 is 1.75 bits per heavy atom. The molecule has 1 saturated heterocycles. The minimum Gasteiger partial charge on any atom is -0.497 e. The van der Waals surface area contributed by atoms with Crippen LogP contribution in [0.15, 0.2) is 41.8 Å². The highest BCUT2D eigenvalue weighted by atomic mass is 32.1. The van der Waals surface area contributed by atoms with Crippen LogP contribution in [0.4, 0.5) is 5.69 Å². The maximum absolute atomic E-state index is 12.3. The molecule has 6 heteroatoms. The van der Waals surface area contributed by atoms with Crippen LogP contribution in [0.3, 0.4) is 0 Å². The fraction of sp³-hybridized carbons (Fsp3) is 0.500. The number of nitrogens with one attached hydrogen (secondary N) is 1. The molecule has 5 nitrogen and oxygen atoms in total. The third-order valence-corrected chi connectivity index (χ3v) is 6.29. The van der Waals surface area contributed by atoms with Crippen molar-refractivity contribution in [1.82, 2.24) is 10.2 Å². The van der Waals surface area contributed by atoms with Crippen molar-refractivity contribution < 1.29 is 9.53 Å². The smallest absolute Gasteiger partial charge is 0.222 e. The zero-order valence-electron chi connectivity index (χ0n) is 17.2. The van der Waals surface area contributed by atoms with Crippen LogP contribution in [-0.4, -0.2) is 50.1 Å². The molecule has 1 amide bonds. The molecule has 28 heavy (non-hydrogen) atoms. The highest BCUT2D eigenvalue weighted by molar-refractivity contribution is 7.10. The second-order valence-electron chi connectivity index (χ2n) is 7.63. The fourth-order valence-corrected chi connectivity index (χ4v) is 4.69. The average molecular weight is 402 g/mol. The van der Waals surface area contributed by atoms with Crippen LogP contribution < -0.4 is 15.0 Å². The summed E-state index contributed by atoms with van der Waals surface area (Å²) in [4.78, 5) is 18.5. The lowest BCUT2D eigenvalue weighted by atomic mass is 10.0. The molecule has 3 rings (SSSR count). The summed E-state index contributed by atoms with van der Waals surface area (Å²) in [5, 5.41) is 5.34. The molecule has 2 unspecified atom stereocenters. The number of thiophene rings is 1. The molecular weight excluding hydrogens is 370 g/mol. The van der Waals surface area contributed by atoms with Crippen LogP contribution in [0.1, 0.15) is 31.7 Å². The average Bonchev–Trinajstić information content (AvgIpc) is 3.23. The van der Waals surface area contributed by atoms with Crippen LogP contribution in [0, 0.1) is 5.92 Å². The molecule has 0 spiro atoms. The van der Waals surface area contributed by atoms with Gasteiger partial charge >= 0.3 is 0 Å². The van der Waals surface area contributed by atoms with E-state index in [1.807, 2.05) is 26.0 Å². The van der Waals surface area contributed by atoms with Crippen molar-refractivity contribution in [1.29, 1.82) is 0 Å². The van der Waals surface area contributed by atoms with Crippen molar-refractivity contribution >= 4 is 22.9 Å². The lowest BCUT2D eigenvalue weighted by Gasteiger charge is -2.42. The van der Waals surface area contributed by atoms with Gasteiger partial charge in [-0.05, 0) is 42.6 Å². The van der Waals surface area contributed by atoms with Crippen LogP contribution in [0.2, 0.25) is 0 Å². The minimum absolute atomic E-state index is 0.00152. The van der Waals surface area contributed by atoms with Gasteiger partial charge in [0.05, 0.1) is 13.2 Å². The van der Waals surface area contributed by atoms with Gasteiger partial charge < -0.3 is 15.0 Å². The Balaban J connectivity index is 1.68. The molecule has 1 aliphatic heterocycles. The number of methoxy groups -OCH3 is 1. The van der Waals surface area contributed by atoms with Gasteiger partial charge in [0.25, 0.3) is 0 Å². The number of carbonyl (C=O) groups is 1. The Bertz CT molecular complexity index is 738. The van der Waals surface area contributed by atoms with E-state index in [9.17, 15) is 4.79 Å². The zero-order chi connectivity index (χ0) is 20.1. The zero-order valence-corrected chi connectivity index (χ0v) is 18.0. The first-order chi connectivity index (χ1) is 13.5. The molecule has 0 bridgehead atoms. The van der Waals surface area contributed by atoms with Crippen LogP contribution in [-0.2, 0) is 4.79 Å². The lowest BCUT2D eigenvalue weighted by molar-refractivity contribution is -0.125. The SMILES string of the molecule is COc1ccc(N2CCN(C(c3cccs3)C(C)NC(=O)C(C)C)CC2)cc1. The Morgan fingerprint density at radius 1 is 1.07 bits per heavy atom. The number of nitrogens with zero attached hydrogens (tertiary/aromatic N) is 2. The molecule has 0 aliphatic carbocycles. The first kappa shape index (κ1) is 20.7. The number of amides is 1. The topological polar surface area (TPSA) is 44.8 Å². The number of hydrogen-bond acceptors (Lipinski definition) is 5. The van der Waals surface area contributed by atoms with E-state index < -0.39 is 0 Å². The number of piperazine rings is 1. The predicted octanol–water partition coefficient (Wildman–Crippen LogP) is 3.78. The maximum Gasteiger partial charge on any atom is 0.222 e. The second kappa shape index (κ2) is 9.43. The summed E-state index contributed by atoms with van der Waals surface area (Å²) in [5.74, 6) is 0.999. The molecule has 2 heterocycles. The highest BCUT2D eigenvalue weighted by Gasteiger charge is 2.31. The standard InChI is InChI=1S/C22H31N3O2S/c1-16(2)22(26)23-17(3)21(20-6-5-15-28-20)25-13-11-24(12-14-25)18-7-9-19(27-4)10-8-18/h5-10,15-17,21H,11-14H2,1-4H3,(H,23,26).